The molecule has 0 spiro atoms. The molecule has 0 bridgehead atoms. The number of fused-ring (bicyclic) bond motifs is 1. The summed E-state index contributed by atoms with van der Waals surface area (Å²) in [7, 11) is 0. The SMILES string of the molecule is O=C(O)c1cccc(-c2nnc(-c3ccc4[nH]ccc4c3)o2)c1. The summed E-state index contributed by atoms with van der Waals surface area (Å²) in [5, 5.41) is 18.2. The number of aromatic amines is 1. The Morgan fingerprint density at radius 3 is 2.57 bits per heavy atom. The first-order valence-corrected chi connectivity index (χ1v) is 6.95. The third kappa shape index (κ3) is 2.36. The van der Waals surface area contributed by atoms with Crippen LogP contribution in [0, 0.1) is 0 Å². The highest BCUT2D eigenvalue weighted by molar-refractivity contribution is 5.89. The first-order valence-electron chi connectivity index (χ1n) is 6.95. The number of benzene rings is 2. The second kappa shape index (κ2) is 5.10. The van der Waals surface area contributed by atoms with E-state index in [0.717, 1.165) is 16.5 Å². The highest BCUT2D eigenvalue weighted by Gasteiger charge is 2.13. The predicted octanol–water partition coefficient (Wildman–Crippen LogP) is 3.58. The van der Waals surface area contributed by atoms with Gasteiger partial charge in [0.05, 0.1) is 5.56 Å². The molecule has 0 aliphatic carbocycles. The van der Waals surface area contributed by atoms with Crippen molar-refractivity contribution in [1.29, 1.82) is 0 Å². The van der Waals surface area contributed by atoms with Crippen LogP contribution in [0.2, 0.25) is 0 Å². The van der Waals surface area contributed by atoms with Gasteiger partial charge in [-0.25, -0.2) is 4.79 Å². The van der Waals surface area contributed by atoms with Crippen molar-refractivity contribution in [3.63, 3.8) is 0 Å². The lowest BCUT2D eigenvalue weighted by molar-refractivity contribution is 0.0697. The molecule has 112 valence electrons. The zero-order valence-electron chi connectivity index (χ0n) is 11.9. The Bertz CT molecular complexity index is 1020. The number of carboxylic acid groups (broad SMARTS) is 1. The van der Waals surface area contributed by atoms with Crippen LogP contribution in [-0.4, -0.2) is 26.3 Å². The van der Waals surface area contributed by atoms with E-state index in [1.807, 2.05) is 30.5 Å². The molecule has 0 atom stereocenters. The number of carboxylic acids is 1. The monoisotopic (exact) mass is 305 g/mol. The zero-order valence-corrected chi connectivity index (χ0v) is 11.9. The van der Waals surface area contributed by atoms with E-state index >= 15 is 0 Å². The van der Waals surface area contributed by atoms with Crippen molar-refractivity contribution in [3.8, 4) is 22.9 Å². The molecule has 23 heavy (non-hydrogen) atoms. The van der Waals surface area contributed by atoms with Gasteiger partial charge in [-0.1, -0.05) is 6.07 Å². The number of nitrogens with one attached hydrogen (secondary N) is 1. The molecule has 0 amide bonds. The number of rotatable bonds is 3. The van der Waals surface area contributed by atoms with Crippen LogP contribution >= 0.6 is 0 Å². The van der Waals surface area contributed by atoms with E-state index in [1.165, 1.54) is 12.1 Å². The molecule has 4 rings (SSSR count). The molecule has 0 unspecified atom stereocenters. The first-order chi connectivity index (χ1) is 11.2. The molecule has 0 saturated heterocycles. The van der Waals surface area contributed by atoms with E-state index in [2.05, 4.69) is 15.2 Å². The van der Waals surface area contributed by atoms with E-state index in [0.29, 0.717) is 11.5 Å². The fraction of sp³-hybridized carbons (Fsp3) is 0. The molecule has 2 aromatic heterocycles. The summed E-state index contributed by atoms with van der Waals surface area (Å²) < 4.78 is 5.69. The summed E-state index contributed by atoms with van der Waals surface area (Å²) in [6.45, 7) is 0. The summed E-state index contributed by atoms with van der Waals surface area (Å²) in [5.74, 6) is -0.314. The van der Waals surface area contributed by atoms with Crippen LogP contribution < -0.4 is 0 Å². The van der Waals surface area contributed by atoms with Gasteiger partial charge < -0.3 is 14.5 Å². The van der Waals surface area contributed by atoms with Gasteiger partial charge >= 0.3 is 5.97 Å². The van der Waals surface area contributed by atoms with Crippen LogP contribution in [0.5, 0.6) is 0 Å². The molecular weight excluding hydrogens is 294 g/mol. The van der Waals surface area contributed by atoms with E-state index in [-0.39, 0.29) is 11.5 Å². The molecular formula is C17H11N3O3. The molecule has 0 aliphatic rings. The average molecular weight is 305 g/mol. The molecule has 6 nitrogen and oxygen atoms in total. The normalized spacial score (nSPS) is 11.0. The lowest BCUT2D eigenvalue weighted by Crippen LogP contribution is -1.95. The lowest BCUT2D eigenvalue weighted by Gasteiger charge is -1.98. The Morgan fingerprint density at radius 1 is 1.00 bits per heavy atom. The Labute approximate surface area is 130 Å². The second-order valence-electron chi connectivity index (χ2n) is 5.08. The van der Waals surface area contributed by atoms with Crippen molar-refractivity contribution in [2.75, 3.05) is 0 Å². The average Bonchev–Trinajstić information content (AvgIpc) is 3.23. The van der Waals surface area contributed by atoms with Gasteiger partial charge in [-0.2, -0.15) is 0 Å². The van der Waals surface area contributed by atoms with Gasteiger partial charge in [-0.3, -0.25) is 0 Å². The lowest BCUT2D eigenvalue weighted by atomic mass is 10.1. The van der Waals surface area contributed by atoms with Crippen LogP contribution in [0.25, 0.3) is 33.8 Å². The van der Waals surface area contributed by atoms with Gasteiger partial charge in [-0.15, -0.1) is 10.2 Å². The maximum atomic E-state index is 11.0. The predicted molar refractivity (Wildman–Crippen MR) is 84.0 cm³/mol. The Balaban J connectivity index is 1.73. The number of hydrogen-bond acceptors (Lipinski definition) is 4. The minimum absolute atomic E-state index is 0.177. The van der Waals surface area contributed by atoms with Crippen molar-refractivity contribution in [2.45, 2.75) is 0 Å². The van der Waals surface area contributed by atoms with E-state index < -0.39 is 5.97 Å². The van der Waals surface area contributed by atoms with Gasteiger partial charge in [0.15, 0.2) is 0 Å². The van der Waals surface area contributed by atoms with E-state index in [4.69, 9.17) is 9.52 Å². The van der Waals surface area contributed by atoms with E-state index in [9.17, 15) is 4.79 Å². The number of hydrogen-bond donors (Lipinski definition) is 2. The standard InChI is InChI=1S/C17H11N3O3/c21-17(22)13-3-1-2-11(9-13)15-19-20-16(23-15)12-4-5-14-10(8-12)6-7-18-14/h1-9,18H,(H,21,22). The Hall–Kier alpha value is -3.41. The van der Waals surface area contributed by atoms with Crippen LogP contribution in [-0.2, 0) is 0 Å². The molecule has 2 heterocycles. The minimum Gasteiger partial charge on any atom is -0.478 e. The maximum Gasteiger partial charge on any atom is 0.335 e. The topological polar surface area (TPSA) is 92.0 Å². The quantitative estimate of drug-likeness (QED) is 0.603. The maximum absolute atomic E-state index is 11.0. The van der Waals surface area contributed by atoms with Crippen molar-refractivity contribution in [3.05, 3.63) is 60.3 Å². The summed E-state index contributed by atoms with van der Waals surface area (Å²) in [6, 6.07) is 14.2. The number of carbonyl (C=O) groups is 1. The van der Waals surface area contributed by atoms with Gasteiger partial charge in [0.25, 0.3) is 0 Å². The molecule has 6 heteroatoms. The number of H-pyrrole nitrogens is 1. The number of aromatic carboxylic acids is 1. The third-order valence-corrected chi connectivity index (χ3v) is 3.58. The summed E-state index contributed by atoms with van der Waals surface area (Å²) in [5.41, 5.74) is 2.59. The highest BCUT2D eigenvalue weighted by atomic mass is 16.4. The highest BCUT2D eigenvalue weighted by Crippen LogP contribution is 2.26. The van der Waals surface area contributed by atoms with Gasteiger partial charge in [-0.05, 0) is 42.5 Å². The van der Waals surface area contributed by atoms with Crippen LogP contribution in [0.15, 0.2) is 59.1 Å². The molecule has 0 saturated carbocycles. The van der Waals surface area contributed by atoms with E-state index in [1.54, 1.807) is 12.1 Å². The van der Waals surface area contributed by atoms with Crippen molar-refractivity contribution < 1.29 is 14.3 Å². The molecule has 0 fully saturated rings. The Morgan fingerprint density at radius 2 is 1.78 bits per heavy atom. The van der Waals surface area contributed by atoms with Crippen molar-refractivity contribution >= 4 is 16.9 Å². The molecule has 2 N–H and O–H groups in total. The first kappa shape index (κ1) is 13.3. The van der Waals surface area contributed by atoms with Gasteiger partial charge in [0, 0.05) is 28.2 Å². The van der Waals surface area contributed by atoms with Crippen LogP contribution in [0.3, 0.4) is 0 Å². The smallest absolute Gasteiger partial charge is 0.335 e. The summed E-state index contributed by atoms with van der Waals surface area (Å²) in [4.78, 5) is 14.2. The Kier molecular flexibility index (Phi) is 2.94. The molecule has 4 aromatic rings. The summed E-state index contributed by atoms with van der Waals surface area (Å²) in [6.07, 6.45) is 1.87. The molecule has 2 aromatic carbocycles. The van der Waals surface area contributed by atoms with Gasteiger partial charge in [0.1, 0.15) is 0 Å². The zero-order chi connectivity index (χ0) is 15.8. The van der Waals surface area contributed by atoms with Crippen LogP contribution in [0.1, 0.15) is 10.4 Å². The van der Waals surface area contributed by atoms with Crippen molar-refractivity contribution in [2.24, 2.45) is 0 Å². The van der Waals surface area contributed by atoms with Crippen LogP contribution in [0.4, 0.5) is 0 Å². The summed E-state index contributed by atoms with van der Waals surface area (Å²) >= 11 is 0. The minimum atomic E-state index is -0.996. The number of nitrogens with zero attached hydrogens (tertiary/aromatic N) is 2. The fourth-order valence-corrected chi connectivity index (χ4v) is 2.43. The van der Waals surface area contributed by atoms with Crippen molar-refractivity contribution in [1.82, 2.24) is 15.2 Å². The fourth-order valence-electron chi connectivity index (χ4n) is 2.43. The second-order valence-corrected chi connectivity index (χ2v) is 5.08. The van der Waals surface area contributed by atoms with Gasteiger partial charge in [0.2, 0.25) is 11.8 Å². The third-order valence-electron chi connectivity index (χ3n) is 3.58. The molecule has 0 radical (unpaired) electrons. The largest absolute Gasteiger partial charge is 0.478 e. The number of aromatic nitrogens is 3. The molecule has 0 aliphatic heterocycles.